The highest BCUT2D eigenvalue weighted by atomic mass is 35.5. The molecule has 1 aliphatic heterocycles. The number of nitrogens with zero attached hydrogens (tertiary/aromatic N) is 3. The molecule has 3 aliphatic rings. The zero-order valence-electron chi connectivity index (χ0n) is 22.7. The van der Waals surface area contributed by atoms with E-state index in [0.29, 0.717) is 18.3 Å². The number of carbonyl (C=O) groups is 1. The number of rotatable bonds is 7. The normalized spacial score (nSPS) is 16.3. The molecule has 4 heterocycles. The number of hydrogen-bond acceptors (Lipinski definition) is 5. The highest BCUT2D eigenvalue weighted by Crippen LogP contribution is 2.41. The second-order valence-electron chi connectivity index (χ2n) is 10.2. The van der Waals surface area contributed by atoms with Crippen molar-refractivity contribution in [3.63, 3.8) is 0 Å². The average molecular weight is 545 g/mol. The van der Waals surface area contributed by atoms with Gasteiger partial charge in [-0.05, 0) is 61.4 Å². The highest BCUT2D eigenvalue weighted by molar-refractivity contribution is 6.30. The quantitative estimate of drug-likeness (QED) is 0.243. The first-order chi connectivity index (χ1) is 19.1. The minimum Gasteiger partial charge on any atom is -0.379 e. The first kappa shape index (κ1) is 27.2. The van der Waals surface area contributed by atoms with Crippen molar-refractivity contribution in [2.45, 2.75) is 57.9 Å². The summed E-state index contributed by atoms with van der Waals surface area (Å²) in [6.07, 6.45) is 10.7. The Morgan fingerprint density at radius 2 is 1.79 bits per heavy atom. The molecule has 39 heavy (non-hydrogen) atoms. The lowest BCUT2D eigenvalue weighted by atomic mass is 9.93. The maximum Gasteiger partial charge on any atom is 0.228 e. The molecule has 1 aromatic carbocycles. The zero-order chi connectivity index (χ0) is 27.2. The van der Waals surface area contributed by atoms with Crippen LogP contribution in [0.2, 0.25) is 5.02 Å². The van der Waals surface area contributed by atoms with E-state index in [1.807, 2.05) is 56.3 Å². The zero-order valence-corrected chi connectivity index (χ0v) is 23.4. The Kier molecular flexibility index (Phi) is 8.79. The van der Waals surface area contributed by atoms with E-state index in [4.69, 9.17) is 16.6 Å². The summed E-state index contributed by atoms with van der Waals surface area (Å²) in [5, 5.41) is 10.5. The highest BCUT2D eigenvalue weighted by Gasteiger charge is 2.30. The second-order valence-corrected chi connectivity index (χ2v) is 10.6. The number of aromatic nitrogens is 3. The maximum atomic E-state index is 12.0. The molecule has 8 heteroatoms. The summed E-state index contributed by atoms with van der Waals surface area (Å²) >= 11 is 5.54. The van der Waals surface area contributed by atoms with Gasteiger partial charge in [0.1, 0.15) is 11.5 Å². The molecular formula is C31H37ClN6O. The Morgan fingerprint density at radius 1 is 1.03 bits per heavy atom. The van der Waals surface area contributed by atoms with Gasteiger partial charge in [0.15, 0.2) is 0 Å². The predicted molar refractivity (Wildman–Crippen MR) is 158 cm³/mol. The van der Waals surface area contributed by atoms with Crippen LogP contribution in [0.15, 0.2) is 67.1 Å². The second kappa shape index (κ2) is 12.6. The Hall–Kier alpha value is -3.42. The molecule has 7 nitrogen and oxygen atoms in total. The van der Waals surface area contributed by atoms with Crippen molar-refractivity contribution in [1.82, 2.24) is 19.7 Å². The number of amides is 1. The van der Waals surface area contributed by atoms with E-state index >= 15 is 0 Å². The summed E-state index contributed by atoms with van der Waals surface area (Å²) in [5.74, 6) is 2.13. The summed E-state index contributed by atoms with van der Waals surface area (Å²) in [6.45, 7) is 6.70. The van der Waals surface area contributed by atoms with Crippen LogP contribution in [0, 0.1) is 5.92 Å². The van der Waals surface area contributed by atoms with Crippen molar-refractivity contribution < 1.29 is 4.79 Å². The molecular weight excluding hydrogens is 508 g/mol. The van der Waals surface area contributed by atoms with Crippen molar-refractivity contribution >= 4 is 34.7 Å². The number of imidazole rings is 1. The lowest BCUT2D eigenvalue weighted by molar-refractivity contribution is -0.117. The molecule has 0 bridgehead atoms. The van der Waals surface area contributed by atoms with Crippen LogP contribution in [0.25, 0.3) is 5.65 Å². The van der Waals surface area contributed by atoms with Gasteiger partial charge in [-0.2, -0.15) is 0 Å². The van der Waals surface area contributed by atoms with Crippen molar-refractivity contribution in [2.24, 2.45) is 5.92 Å². The third-order valence-corrected chi connectivity index (χ3v) is 7.34. The Labute approximate surface area is 235 Å². The topological polar surface area (TPSA) is 83.4 Å². The lowest BCUT2D eigenvalue weighted by Gasteiger charge is -2.28. The van der Waals surface area contributed by atoms with Gasteiger partial charge in [0, 0.05) is 65.9 Å². The minimum atomic E-state index is 0.0736. The molecule has 1 saturated heterocycles. The van der Waals surface area contributed by atoms with E-state index in [9.17, 15) is 4.79 Å². The largest absolute Gasteiger partial charge is 0.379 e. The fraction of sp³-hybridized carbons (Fsp3) is 0.387. The van der Waals surface area contributed by atoms with Gasteiger partial charge in [-0.1, -0.05) is 43.6 Å². The van der Waals surface area contributed by atoms with Crippen LogP contribution < -0.4 is 16.0 Å². The van der Waals surface area contributed by atoms with Gasteiger partial charge >= 0.3 is 0 Å². The number of hydrogen-bond donors (Lipinski definition) is 3. The van der Waals surface area contributed by atoms with Crippen molar-refractivity contribution in [1.29, 1.82) is 0 Å². The molecule has 4 aromatic rings. The smallest absolute Gasteiger partial charge is 0.228 e. The van der Waals surface area contributed by atoms with Gasteiger partial charge in [-0.25, -0.2) is 9.97 Å². The van der Waals surface area contributed by atoms with Gasteiger partial charge in [0.05, 0.1) is 12.2 Å². The molecule has 1 amide bonds. The van der Waals surface area contributed by atoms with Crippen LogP contribution in [0.3, 0.4) is 0 Å². The molecule has 3 aromatic heterocycles. The standard InChI is InChI=1S/C23H26N6O.C6H5Cl.C2H6/c30-23(15-3-4-15)28-21-8-18(5-6-25-21)26-11-19-13-29-12-16(14-1-2-14)7-20(22(29)27-19)17-9-24-10-17;7-6-4-2-1-3-5-6;1-2/h5-8,12-15,17,24H,1-4,9-11H2,(H2,25,26,28,30);1-5H;1-2H3. The molecule has 0 radical (unpaired) electrons. The number of pyridine rings is 2. The molecule has 0 unspecified atom stereocenters. The number of carbonyl (C=O) groups excluding carboxylic acids is 1. The van der Waals surface area contributed by atoms with Gasteiger partial charge in [0.25, 0.3) is 0 Å². The summed E-state index contributed by atoms with van der Waals surface area (Å²) in [5.41, 5.74) is 5.84. The fourth-order valence-electron chi connectivity index (χ4n) is 4.52. The molecule has 3 N–H and O–H groups in total. The Bertz CT molecular complexity index is 1390. The van der Waals surface area contributed by atoms with E-state index in [1.165, 1.54) is 24.0 Å². The van der Waals surface area contributed by atoms with Gasteiger partial charge < -0.3 is 20.4 Å². The molecule has 0 atom stereocenters. The van der Waals surface area contributed by atoms with Crippen LogP contribution >= 0.6 is 11.6 Å². The summed E-state index contributed by atoms with van der Waals surface area (Å²) in [6, 6.07) is 15.6. The van der Waals surface area contributed by atoms with E-state index in [-0.39, 0.29) is 11.8 Å². The SMILES string of the molecule is CC.Clc1ccccc1.O=C(Nc1cc(NCc2cn3cc(C4CC4)cc(C4CNC4)c3n2)ccn1)C1CC1. The van der Waals surface area contributed by atoms with Gasteiger partial charge in [0.2, 0.25) is 5.91 Å². The Morgan fingerprint density at radius 3 is 2.41 bits per heavy atom. The van der Waals surface area contributed by atoms with Crippen LogP contribution in [-0.4, -0.2) is 33.4 Å². The number of nitrogens with one attached hydrogen (secondary N) is 3. The van der Waals surface area contributed by atoms with E-state index in [2.05, 4.69) is 43.8 Å². The van der Waals surface area contributed by atoms with Gasteiger partial charge in [-0.15, -0.1) is 0 Å². The number of fused-ring (bicyclic) bond motifs is 1. The molecule has 2 aliphatic carbocycles. The maximum absolute atomic E-state index is 12.0. The molecule has 2 saturated carbocycles. The molecule has 3 fully saturated rings. The van der Waals surface area contributed by atoms with Crippen molar-refractivity contribution in [3.05, 3.63) is 89.0 Å². The first-order valence-electron chi connectivity index (χ1n) is 14.1. The predicted octanol–water partition coefficient (Wildman–Crippen LogP) is 6.62. The Balaban J connectivity index is 0.000000296. The van der Waals surface area contributed by atoms with E-state index < -0.39 is 0 Å². The van der Waals surface area contributed by atoms with E-state index in [1.54, 1.807) is 6.20 Å². The molecule has 0 spiro atoms. The first-order valence-corrected chi connectivity index (χ1v) is 14.4. The van der Waals surface area contributed by atoms with Crippen molar-refractivity contribution in [3.8, 4) is 0 Å². The third-order valence-electron chi connectivity index (χ3n) is 7.09. The van der Waals surface area contributed by atoms with Crippen LogP contribution in [-0.2, 0) is 11.3 Å². The fourth-order valence-corrected chi connectivity index (χ4v) is 4.67. The number of halogens is 1. The molecule has 7 rings (SSSR count). The average Bonchev–Trinajstić information content (AvgIpc) is 3.85. The van der Waals surface area contributed by atoms with Crippen molar-refractivity contribution in [2.75, 3.05) is 23.7 Å². The van der Waals surface area contributed by atoms with Crippen LogP contribution in [0.5, 0.6) is 0 Å². The third kappa shape index (κ3) is 7.16. The van der Waals surface area contributed by atoms with E-state index in [0.717, 1.165) is 53.9 Å². The minimum absolute atomic E-state index is 0.0736. The summed E-state index contributed by atoms with van der Waals surface area (Å²) in [4.78, 5) is 21.2. The number of anilines is 2. The van der Waals surface area contributed by atoms with Crippen LogP contribution in [0.1, 0.15) is 68.2 Å². The molecule has 204 valence electrons. The van der Waals surface area contributed by atoms with Crippen LogP contribution in [0.4, 0.5) is 11.5 Å². The monoisotopic (exact) mass is 544 g/mol. The number of benzene rings is 1. The lowest BCUT2D eigenvalue weighted by Crippen LogP contribution is -2.40. The summed E-state index contributed by atoms with van der Waals surface area (Å²) in [7, 11) is 0. The summed E-state index contributed by atoms with van der Waals surface area (Å²) < 4.78 is 2.21. The van der Waals surface area contributed by atoms with Gasteiger partial charge in [-0.3, -0.25) is 4.79 Å².